The van der Waals surface area contributed by atoms with E-state index in [0.29, 0.717) is 18.9 Å². The molecule has 2 amide bonds. The van der Waals surface area contributed by atoms with Crippen LogP contribution in [0.2, 0.25) is 0 Å². The third-order valence-corrected chi connectivity index (χ3v) is 4.16. The molecule has 0 bridgehead atoms. The standard InChI is InChI=1S/C16H21N3O2/c1-18(2)12-4-3-5-13(10-12)19-9-8-14(20)17-15(16(19)21)11-6-7-11/h3-5,10-11,15H,6-9H2,1-2H3,(H,17,20). The van der Waals surface area contributed by atoms with Crippen molar-refractivity contribution in [3.63, 3.8) is 0 Å². The van der Waals surface area contributed by atoms with Gasteiger partial charge in [0.1, 0.15) is 6.04 Å². The summed E-state index contributed by atoms with van der Waals surface area (Å²) < 4.78 is 0. The molecule has 3 rings (SSSR count). The van der Waals surface area contributed by atoms with Crippen LogP contribution in [0.5, 0.6) is 0 Å². The van der Waals surface area contributed by atoms with Crippen LogP contribution in [0.15, 0.2) is 24.3 Å². The van der Waals surface area contributed by atoms with Crippen LogP contribution in [0.4, 0.5) is 11.4 Å². The fraction of sp³-hybridized carbons (Fsp3) is 0.500. The van der Waals surface area contributed by atoms with Gasteiger partial charge in [-0.05, 0) is 37.0 Å². The maximum Gasteiger partial charge on any atom is 0.249 e. The summed E-state index contributed by atoms with van der Waals surface area (Å²) in [5.74, 6) is 0.324. The number of hydrogen-bond acceptors (Lipinski definition) is 3. The number of carbonyl (C=O) groups excluding carboxylic acids is 2. The van der Waals surface area contributed by atoms with Crippen molar-refractivity contribution in [2.45, 2.75) is 25.3 Å². The molecule has 21 heavy (non-hydrogen) atoms. The molecule has 1 N–H and O–H groups in total. The van der Waals surface area contributed by atoms with Crippen molar-refractivity contribution in [2.24, 2.45) is 5.92 Å². The van der Waals surface area contributed by atoms with E-state index in [1.165, 1.54) is 0 Å². The number of carbonyl (C=O) groups is 2. The molecule has 0 aromatic heterocycles. The number of hydrogen-bond donors (Lipinski definition) is 1. The van der Waals surface area contributed by atoms with Crippen molar-refractivity contribution in [1.29, 1.82) is 0 Å². The van der Waals surface area contributed by atoms with Crippen molar-refractivity contribution >= 4 is 23.2 Å². The number of benzene rings is 1. The first kappa shape index (κ1) is 13.9. The van der Waals surface area contributed by atoms with Gasteiger partial charge < -0.3 is 15.1 Å². The smallest absolute Gasteiger partial charge is 0.249 e. The van der Waals surface area contributed by atoms with E-state index in [-0.39, 0.29) is 17.9 Å². The molecule has 1 aliphatic heterocycles. The fourth-order valence-corrected chi connectivity index (χ4v) is 2.74. The lowest BCUT2D eigenvalue weighted by Crippen LogP contribution is -2.46. The molecule has 1 unspecified atom stereocenters. The maximum absolute atomic E-state index is 12.8. The Morgan fingerprint density at radius 2 is 2.00 bits per heavy atom. The van der Waals surface area contributed by atoms with Crippen LogP contribution in [0.25, 0.3) is 0 Å². The average Bonchev–Trinajstić information content (AvgIpc) is 3.29. The topological polar surface area (TPSA) is 52.6 Å². The number of amides is 2. The minimum absolute atomic E-state index is 0.0217. The highest BCUT2D eigenvalue weighted by Gasteiger charge is 2.41. The SMILES string of the molecule is CN(C)c1cccc(N2CCC(=O)NC(C3CC3)C2=O)c1. The van der Waals surface area contributed by atoms with Gasteiger partial charge in [0.25, 0.3) is 0 Å². The predicted octanol–water partition coefficient (Wildman–Crippen LogP) is 1.38. The molecule has 2 aliphatic rings. The second kappa shape index (κ2) is 5.39. The Morgan fingerprint density at radius 3 is 2.67 bits per heavy atom. The molecular formula is C16H21N3O2. The van der Waals surface area contributed by atoms with Gasteiger partial charge in [0.05, 0.1) is 0 Å². The molecule has 1 saturated heterocycles. The Bertz CT molecular complexity index is 566. The summed E-state index contributed by atoms with van der Waals surface area (Å²) in [6, 6.07) is 7.54. The molecule has 0 spiro atoms. The summed E-state index contributed by atoms with van der Waals surface area (Å²) in [4.78, 5) is 28.3. The molecule has 5 heteroatoms. The van der Waals surface area contributed by atoms with Crippen molar-refractivity contribution in [2.75, 3.05) is 30.4 Å². The van der Waals surface area contributed by atoms with E-state index in [1.54, 1.807) is 4.90 Å². The van der Waals surface area contributed by atoms with Gasteiger partial charge in [-0.25, -0.2) is 0 Å². The lowest BCUT2D eigenvalue weighted by molar-refractivity contribution is -0.126. The normalized spacial score (nSPS) is 22.8. The van der Waals surface area contributed by atoms with Crippen LogP contribution >= 0.6 is 0 Å². The van der Waals surface area contributed by atoms with Gasteiger partial charge in [0, 0.05) is 38.4 Å². The van der Waals surface area contributed by atoms with Crippen molar-refractivity contribution in [1.82, 2.24) is 5.32 Å². The average molecular weight is 287 g/mol. The Kier molecular flexibility index (Phi) is 3.57. The van der Waals surface area contributed by atoms with Crippen LogP contribution in [0.3, 0.4) is 0 Å². The van der Waals surface area contributed by atoms with E-state index < -0.39 is 0 Å². The summed E-state index contributed by atoms with van der Waals surface area (Å²) in [7, 11) is 3.95. The van der Waals surface area contributed by atoms with Crippen LogP contribution in [0, 0.1) is 5.92 Å². The van der Waals surface area contributed by atoms with Gasteiger partial charge in [-0.2, -0.15) is 0 Å². The summed E-state index contributed by atoms with van der Waals surface area (Å²) >= 11 is 0. The molecule has 1 saturated carbocycles. The number of nitrogens with zero attached hydrogens (tertiary/aromatic N) is 2. The summed E-state index contributed by atoms with van der Waals surface area (Å²) in [6.45, 7) is 0.449. The highest BCUT2D eigenvalue weighted by atomic mass is 16.2. The summed E-state index contributed by atoms with van der Waals surface area (Å²) in [5.41, 5.74) is 1.92. The predicted molar refractivity (Wildman–Crippen MR) is 82.4 cm³/mol. The van der Waals surface area contributed by atoms with Gasteiger partial charge in [0.2, 0.25) is 11.8 Å². The third kappa shape index (κ3) is 2.86. The second-order valence-electron chi connectivity index (χ2n) is 6.04. The Hall–Kier alpha value is -2.04. The van der Waals surface area contributed by atoms with Crippen LogP contribution in [0.1, 0.15) is 19.3 Å². The van der Waals surface area contributed by atoms with Gasteiger partial charge >= 0.3 is 0 Å². The molecule has 112 valence electrons. The quantitative estimate of drug-likeness (QED) is 0.914. The first-order valence-corrected chi connectivity index (χ1v) is 7.44. The van der Waals surface area contributed by atoms with E-state index in [2.05, 4.69) is 5.32 Å². The Balaban J connectivity index is 1.90. The van der Waals surface area contributed by atoms with Gasteiger partial charge in [-0.3, -0.25) is 9.59 Å². The second-order valence-corrected chi connectivity index (χ2v) is 6.04. The van der Waals surface area contributed by atoms with E-state index >= 15 is 0 Å². The zero-order chi connectivity index (χ0) is 15.0. The van der Waals surface area contributed by atoms with E-state index in [1.807, 2.05) is 43.3 Å². The van der Waals surface area contributed by atoms with Gasteiger partial charge in [-0.1, -0.05) is 6.07 Å². The van der Waals surface area contributed by atoms with Crippen LogP contribution in [-0.4, -0.2) is 38.5 Å². The Labute approximate surface area is 124 Å². The van der Waals surface area contributed by atoms with E-state index in [9.17, 15) is 9.59 Å². The van der Waals surface area contributed by atoms with Crippen molar-refractivity contribution in [3.8, 4) is 0 Å². The zero-order valence-corrected chi connectivity index (χ0v) is 12.5. The number of anilines is 2. The molecular weight excluding hydrogens is 266 g/mol. The summed E-state index contributed by atoms with van der Waals surface area (Å²) in [5, 5.41) is 2.89. The molecule has 1 aromatic rings. The Morgan fingerprint density at radius 1 is 1.24 bits per heavy atom. The van der Waals surface area contributed by atoms with Crippen molar-refractivity contribution < 1.29 is 9.59 Å². The molecule has 2 fully saturated rings. The minimum Gasteiger partial charge on any atom is -0.378 e. The number of rotatable bonds is 3. The highest BCUT2D eigenvalue weighted by molar-refractivity contribution is 6.01. The van der Waals surface area contributed by atoms with Crippen molar-refractivity contribution in [3.05, 3.63) is 24.3 Å². The largest absolute Gasteiger partial charge is 0.378 e. The monoisotopic (exact) mass is 287 g/mol. The minimum atomic E-state index is -0.344. The molecule has 5 nitrogen and oxygen atoms in total. The molecule has 0 radical (unpaired) electrons. The molecule has 1 atom stereocenters. The van der Waals surface area contributed by atoms with Gasteiger partial charge in [-0.15, -0.1) is 0 Å². The summed E-state index contributed by atoms with van der Waals surface area (Å²) in [6.07, 6.45) is 2.42. The maximum atomic E-state index is 12.8. The van der Waals surface area contributed by atoms with Crippen LogP contribution < -0.4 is 15.1 Å². The molecule has 1 aliphatic carbocycles. The third-order valence-electron chi connectivity index (χ3n) is 4.16. The molecule has 1 aromatic carbocycles. The lowest BCUT2D eigenvalue weighted by atomic mass is 10.1. The number of nitrogens with one attached hydrogen (secondary N) is 1. The van der Waals surface area contributed by atoms with E-state index in [4.69, 9.17) is 0 Å². The first-order chi connectivity index (χ1) is 10.1. The zero-order valence-electron chi connectivity index (χ0n) is 12.5. The highest BCUT2D eigenvalue weighted by Crippen LogP contribution is 2.35. The van der Waals surface area contributed by atoms with Crippen LogP contribution in [-0.2, 0) is 9.59 Å². The van der Waals surface area contributed by atoms with E-state index in [0.717, 1.165) is 24.2 Å². The van der Waals surface area contributed by atoms with Gasteiger partial charge in [0.15, 0.2) is 0 Å². The first-order valence-electron chi connectivity index (χ1n) is 7.44. The lowest BCUT2D eigenvalue weighted by Gasteiger charge is -2.25. The molecule has 1 heterocycles. The fourth-order valence-electron chi connectivity index (χ4n) is 2.74.